The maximum Gasteiger partial charge on any atom is 0.313 e. The highest BCUT2D eigenvalue weighted by Gasteiger charge is 2.11. The third-order valence-corrected chi connectivity index (χ3v) is 5.19. The number of H-pyrrole nitrogens is 1. The lowest BCUT2D eigenvalue weighted by atomic mass is 9.99. The molecule has 136 valence electrons. The standard InChI is InChI=1S/C20H18N4O2S/c1-12-7-15(14-4-3-13-5-6-24(2)17(13)10-14)9-16(8-12)19-21-20(23-22-19)27-11-18(25)26/h3-10H,11H2,1-2H3,(H,25,26)(H,21,22,23). The number of aliphatic carboxylic acids is 1. The molecule has 0 unspecified atom stereocenters. The number of carboxylic acids is 1. The first-order chi connectivity index (χ1) is 13.0. The fourth-order valence-corrected chi connectivity index (χ4v) is 3.61. The number of aryl methyl sites for hydroxylation is 2. The van der Waals surface area contributed by atoms with Crippen molar-refractivity contribution in [3.8, 4) is 22.5 Å². The molecule has 0 saturated carbocycles. The Morgan fingerprint density at radius 3 is 2.78 bits per heavy atom. The number of benzene rings is 2. The van der Waals surface area contributed by atoms with Crippen LogP contribution in [0, 0.1) is 6.92 Å². The minimum Gasteiger partial charge on any atom is -0.481 e. The molecule has 0 amide bonds. The summed E-state index contributed by atoms with van der Waals surface area (Å²) in [6.45, 7) is 2.05. The molecule has 6 nitrogen and oxygen atoms in total. The van der Waals surface area contributed by atoms with E-state index >= 15 is 0 Å². The average molecular weight is 378 g/mol. The zero-order valence-corrected chi connectivity index (χ0v) is 15.7. The van der Waals surface area contributed by atoms with Gasteiger partial charge in [-0.3, -0.25) is 9.89 Å². The fourth-order valence-electron chi connectivity index (χ4n) is 3.09. The van der Waals surface area contributed by atoms with E-state index in [9.17, 15) is 4.79 Å². The lowest BCUT2D eigenvalue weighted by Gasteiger charge is -2.07. The molecule has 7 heteroatoms. The van der Waals surface area contributed by atoms with Crippen molar-refractivity contribution >= 4 is 28.6 Å². The van der Waals surface area contributed by atoms with Crippen LogP contribution >= 0.6 is 11.8 Å². The summed E-state index contributed by atoms with van der Waals surface area (Å²) in [7, 11) is 2.04. The van der Waals surface area contributed by atoms with Gasteiger partial charge < -0.3 is 9.67 Å². The maximum atomic E-state index is 10.7. The predicted molar refractivity (Wildman–Crippen MR) is 107 cm³/mol. The molecule has 0 radical (unpaired) electrons. The van der Waals surface area contributed by atoms with Crippen LogP contribution in [0.5, 0.6) is 0 Å². The van der Waals surface area contributed by atoms with Gasteiger partial charge in [0.25, 0.3) is 0 Å². The Morgan fingerprint density at radius 1 is 1.15 bits per heavy atom. The number of hydrogen-bond donors (Lipinski definition) is 2. The maximum absolute atomic E-state index is 10.7. The largest absolute Gasteiger partial charge is 0.481 e. The van der Waals surface area contributed by atoms with Gasteiger partial charge in [0.2, 0.25) is 5.16 Å². The molecule has 27 heavy (non-hydrogen) atoms. The number of carbonyl (C=O) groups is 1. The summed E-state index contributed by atoms with van der Waals surface area (Å²) in [6.07, 6.45) is 2.06. The van der Waals surface area contributed by atoms with E-state index in [1.807, 2.05) is 20.0 Å². The molecule has 4 rings (SSSR count). The third-order valence-electron chi connectivity index (χ3n) is 4.36. The second-order valence-electron chi connectivity index (χ2n) is 6.44. The highest BCUT2D eigenvalue weighted by atomic mass is 32.2. The van der Waals surface area contributed by atoms with E-state index in [0.29, 0.717) is 11.0 Å². The first kappa shape index (κ1) is 17.4. The van der Waals surface area contributed by atoms with Crippen molar-refractivity contribution in [3.05, 3.63) is 54.2 Å². The van der Waals surface area contributed by atoms with Crippen LogP contribution in [0.25, 0.3) is 33.4 Å². The predicted octanol–water partition coefficient (Wildman–Crippen LogP) is 4.12. The number of nitrogens with zero attached hydrogens (tertiary/aromatic N) is 3. The molecule has 0 saturated heterocycles. The molecule has 2 aromatic heterocycles. The topological polar surface area (TPSA) is 83.8 Å². The van der Waals surface area contributed by atoms with E-state index in [2.05, 4.69) is 62.3 Å². The van der Waals surface area contributed by atoms with E-state index in [-0.39, 0.29) is 5.75 Å². The molecule has 2 aromatic carbocycles. The van der Waals surface area contributed by atoms with Crippen molar-refractivity contribution in [2.45, 2.75) is 12.1 Å². The van der Waals surface area contributed by atoms with Gasteiger partial charge >= 0.3 is 5.97 Å². The molecule has 0 aliphatic carbocycles. The van der Waals surface area contributed by atoms with Crippen LogP contribution in [0.3, 0.4) is 0 Å². The summed E-state index contributed by atoms with van der Waals surface area (Å²) in [6, 6.07) is 14.8. The van der Waals surface area contributed by atoms with Gasteiger partial charge in [-0.25, -0.2) is 4.98 Å². The molecule has 0 spiro atoms. The van der Waals surface area contributed by atoms with Crippen LogP contribution in [0.4, 0.5) is 0 Å². The van der Waals surface area contributed by atoms with E-state index in [0.717, 1.165) is 34.0 Å². The number of hydrogen-bond acceptors (Lipinski definition) is 4. The van der Waals surface area contributed by atoms with Crippen LogP contribution in [0.1, 0.15) is 5.56 Å². The van der Waals surface area contributed by atoms with Crippen LogP contribution in [-0.2, 0) is 11.8 Å². The van der Waals surface area contributed by atoms with Crippen molar-refractivity contribution in [1.29, 1.82) is 0 Å². The number of nitrogens with one attached hydrogen (secondary N) is 1. The van der Waals surface area contributed by atoms with Gasteiger partial charge in [-0.1, -0.05) is 30.0 Å². The molecule has 2 heterocycles. The Bertz CT molecular complexity index is 1150. The molecule has 0 fully saturated rings. The van der Waals surface area contributed by atoms with Crippen LogP contribution in [0.2, 0.25) is 0 Å². The number of rotatable bonds is 5. The Balaban J connectivity index is 1.70. The second-order valence-corrected chi connectivity index (χ2v) is 7.38. The Hall–Kier alpha value is -3.06. The number of carboxylic acid groups (broad SMARTS) is 1. The quantitative estimate of drug-likeness (QED) is 0.511. The first-order valence-corrected chi connectivity index (χ1v) is 9.43. The normalized spacial score (nSPS) is 11.2. The number of thioether (sulfide) groups is 1. The molecule has 0 aliphatic heterocycles. The van der Waals surface area contributed by atoms with E-state index < -0.39 is 5.97 Å². The summed E-state index contributed by atoms with van der Waals surface area (Å²) >= 11 is 1.10. The van der Waals surface area contributed by atoms with Crippen molar-refractivity contribution in [1.82, 2.24) is 19.7 Å². The smallest absolute Gasteiger partial charge is 0.313 e. The molecule has 0 bridgehead atoms. The fraction of sp³-hybridized carbons (Fsp3) is 0.150. The first-order valence-electron chi connectivity index (χ1n) is 8.44. The van der Waals surface area contributed by atoms with Gasteiger partial charge in [-0.05, 0) is 53.3 Å². The third kappa shape index (κ3) is 3.59. The highest BCUT2D eigenvalue weighted by molar-refractivity contribution is 7.99. The SMILES string of the molecule is Cc1cc(-c2ccc3ccn(C)c3c2)cc(-c2nc(SCC(=O)O)n[nH]2)c1. The summed E-state index contributed by atoms with van der Waals surface area (Å²) in [4.78, 5) is 15.1. The van der Waals surface area contributed by atoms with Gasteiger partial charge in [0.05, 0.1) is 5.75 Å². The van der Waals surface area contributed by atoms with Gasteiger partial charge in [0.15, 0.2) is 5.82 Å². The molecule has 2 N–H and O–H groups in total. The summed E-state index contributed by atoms with van der Waals surface area (Å²) in [5.74, 6) is -0.319. The number of aromatic amines is 1. The average Bonchev–Trinajstić information content (AvgIpc) is 3.26. The van der Waals surface area contributed by atoms with Crippen LogP contribution < -0.4 is 0 Å². The Kier molecular flexibility index (Phi) is 4.45. The molecule has 4 aromatic rings. The minimum atomic E-state index is -0.889. The van der Waals surface area contributed by atoms with Gasteiger partial charge in [0, 0.05) is 24.3 Å². The molecular formula is C20H18N4O2S. The van der Waals surface area contributed by atoms with Crippen molar-refractivity contribution in [2.24, 2.45) is 7.05 Å². The molecule has 0 atom stereocenters. The zero-order valence-electron chi connectivity index (χ0n) is 14.9. The minimum absolute atomic E-state index is 0.0625. The lowest BCUT2D eigenvalue weighted by Crippen LogP contribution is -1.97. The second kappa shape index (κ2) is 6.92. The number of fused-ring (bicyclic) bond motifs is 1. The molecular weight excluding hydrogens is 360 g/mol. The molecule has 0 aliphatic rings. The summed E-state index contributed by atoms with van der Waals surface area (Å²) < 4.78 is 2.11. The summed E-state index contributed by atoms with van der Waals surface area (Å²) in [5, 5.41) is 17.4. The Labute approximate surface area is 160 Å². The highest BCUT2D eigenvalue weighted by Crippen LogP contribution is 2.29. The van der Waals surface area contributed by atoms with Gasteiger partial charge in [-0.2, -0.15) is 0 Å². The monoisotopic (exact) mass is 378 g/mol. The number of aromatic nitrogens is 4. The lowest BCUT2D eigenvalue weighted by molar-refractivity contribution is -0.133. The van der Waals surface area contributed by atoms with Gasteiger partial charge in [0.1, 0.15) is 0 Å². The van der Waals surface area contributed by atoms with Crippen LogP contribution in [0.15, 0.2) is 53.8 Å². The van der Waals surface area contributed by atoms with E-state index in [1.54, 1.807) is 0 Å². The van der Waals surface area contributed by atoms with E-state index in [1.165, 1.54) is 10.9 Å². The zero-order chi connectivity index (χ0) is 19.0. The van der Waals surface area contributed by atoms with E-state index in [4.69, 9.17) is 5.11 Å². The van der Waals surface area contributed by atoms with Crippen molar-refractivity contribution in [3.63, 3.8) is 0 Å². The Morgan fingerprint density at radius 2 is 1.96 bits per heavy atom. The van der Waals surface area contributed by atoms with Crippen LogP contribution in [-0.4, -0.2) is 36.6 Å². The van der Waals surface area contributed by atoms with Crippen molar-refractivity contribution in [2.75, 3.05) is 5.75 Å². The summed E-state index contributed by atoms with van der Waals surface area (Å²) in [5.41, 5.74) is 5.46. The van der Waals surface area contributed by atoms with Crippen molar-refractivity contribution < 1.29 is 9.90 Å². The van der Waals surface area contributed by atoms with Gasteiger partial charge in [-0.15, -0.1) is 5.10 Å².